The predicted octanol–water partition coefficient (Wildman–Crippen LogP) is 0.373. The zero-order chi connectivity index (χ0) is 13.8. The van der Waals surface area contributed by atoms with Gasteiger partial charge in [-0.25, -0.2) is 0 Å². The Bertz CT molecular complexity index is 281. The second kappa shape index (κ2) is 6.50. The fourth-order valence-corrected chi connectivity index (χ4v) is 2.26. The van der Waals surface area contributed by atoms with Gasteiger partial charge in [0, 0.05) is 19.1 Å². The molecule has 106 valence electrons. The number of nitrogens with one attached hydrogen (secondary N) is 1. The summed E-state index contributed by atoms with van der Waals surface area (Å²) in [4.78, 5) is 13.9. The molecular weight excluding hydrogens is 232 g/mol. The van der Waals surface area contributed by atoms with Crippen LogP contribution in [0.3, 0.4) is 0 Å². The van der Waals surface area contributed by atoms with Gasteiger partial charge in [-0.05, 0) is 27.2 Å². The van der Waals surface area contributed by atoms with Crippen LogP contribution in [-0.2, 0) is 9.53 Å². The molecule has 2 N–H and O–H groups in total. The third kappa shape index (κ3) is 4.92. The number of hydrogen-bond donors (Lipinski definition) is 2. The standard InChI is InChI=1S/C13H26N2O3/c1-5-10(2)14-12(17)7-15-6-11(8-16)18-13(3,4)9-15/h10-11,16H,5-9H2,1-4H3,(H,14,17). The van der Waals surface area contributed by atoms with Crippen molar-refractivity contribution in [3.05, 3.63) is 0 Å². The van der Waals surface area contributed by atoms with E-state index in [1.807, 2.05) is 32.6 Å². The fourth-order valence-electron chi connectivity index (χ4n) is 2.26. The Hall–Kier alpha value is -0.650. The van der Waals surface area contributed by atoms with E-state index in [-0.39, 0.29) is 30.3 Å². The maximum absolute atomic E-state index is 11.8. The first kappa shape index (κ1) is 15.4. The van der Waals surface area contributed by atoms with E-state index in [4.69, 9.17) is 4.74 Å². The molecule has 0 aromatic carbocycles. The molecule has 1 heterocycles. The van der Waals surface area contributed by atoms with Gasteiger partial charge in [-0.2, -0.15) is 0 Å². The van der Waals surface area contributed by atoms with Gasteiger partial charge in [-0.15, -0.1) is 0 Å². The van der Waals surface area contributed by atoms with Crippen LogP contribution < -0.4 is 5.32 Å². The van der Waals surface area contributed by atoms with Crippen molar-refractivity contribution < 1.29 is 14.6 Å². The SMILES string of the molecule is CCC(C)NC(=O)CN1CC(CO)OC(C)(C)C1. The number of amides is 1. The maximum Gasteiger partial charge on any atom is 0.234 e. The van der Waals surface area contributed by atoms with E-state index in [1.165, 1.54) is 0 Å². The van der Waals surface area contributed by atoms with Crippen LogP contribution in [-0.4, -0.2) is 59.9 Å². The average molecular weight is 258 g/mol. The molecule has 1 fully saturated rings. The second-order valence-electron chi connectivity index (χ2n) is 5.73. The van der Waals surface area contributed by atoms with Crippen molar-refractivity contribution in [3.63, 3.8) is 0 Å². The number of hydrogen-bond acceptors (Lipinski definition) is 4. The number of nitrogens with zero attached hydrogens (tertiary/aromatic N) is 1. The van der Waals surface area contributed by atoms with Gasteiger partial charge in [-0.1, -0.05) is 6.92 Å². The Labute approximate surface area is 109 Å². The van der Waals surface area contributed by atoms with E-state index in [0.29, 0.717) is 19.6 Å². The van der Waals surface area contributed by atoms with Crippen LogP contribution in [0.1, 0.15) is 34.1 Å². The highest BCUT2D eigenvalue weighted by Gasteiger charge is 2.33. The first-order valence-corrected chi connectivity index (χ1v) is 6.66. The highest BCUT2D eigenvalue weighted by atomic mass is 16.5. The van der Waals surface area contributed by atoms with Gasteiger partial charge in [-0.3, -0.25) is 9.69 Å². The molecule has 0 spiro atoms. The number of aliphatic hydroxyl groups is 1. The minimum Gasteiger partial charge on any atom is -0.394 e. The summed E-state index contributed by atoms with van der Waals surface area (Å²) < 4.78 is 5.71. The predicted molar refractivity (Wildman–Crippen MR) is 70.4 cm³/mol. The van der Waals surface area contributed by atoms with Gasteiger partial charge >= 0.3 is 0 Å². The molecule has 18 heavy (non-hydrogen) atoms. The summed E-state index contributed by atoms with van der Waals surface area (Å²) in [5, 5.41) is 12.2. The number of carbonyl (C=O) groups is 1. The van der Waals surface area contributed by atoms with Gasteiger partial charge in [0.25, 0.3) is 0 Å². The third-order valence-electron chi connectivity index (χ3n) is 3.14. The zero-order valence-corrected chi connectivity index (χ0v) is 11.9. The Balaban J connectivity index is 2.48. The summed E-state index contributed by atoms with van der Waals surface area (Å²) in [6.07, 6.45) is 0.727. The van der Waals surface area contributed by atoms with Crippen LogP contribution in [0, 0.1) is 0 Å². The van der Waals surface area contributed by atoms with Crippen molar-refractivity contribution in [2.45, 2.75) is 51.9 Å². The molecule has 0 aliphatic carbocycles. The van der Waals surface area contributed by atoms with Crippen LogP contribution in [0.4, 0.5) is 0 Å². The van der Waals surface area contributed by atoms with Crippen molar-refractivity contribution in [3.8, 4) is 0 Å². The van der Waals surface area contributed by atoms with Gasteiger partial charge < -0.3 is 15.2 Å². The van der Waals surface area contributed by atoms with Crippen LogP contribution in [0.15, 0.2) is 0 Å². The smallest absolute Gasteiger partial charge is 0.234 e. The zero-order valence-electron chi connectivity index (χ0n) is 11.9. The minimum atomic E-state index is -0.317. The van der Waals surface area contributed by atoms with E-state index in [9.17, 15) is 9.90 Å². The average Bonchev–Trinajstić information content (AvgIpc) is 2.26. The van der Waals surface area contributed by atoms with Crippen molar-refractivity contribution in [1.29, 1.82) is 0 Å². The molecule has 5 nitrogen and oxygen atoms in total. The molecular formula is C13H26N2O3. The Morgan fingerprint density at radius 1 is 1.61 bits per heavy atom. The lowest BCUT2D eigenvalue weighted by atomic mass is 10.1. The summed E-state index contributed by atoms with van der Waals surface area (Å²) in [5.41, 5.74) is -0.317. The highest BCUT2D eigenvalue weighted by Crippen LogP contribution is 2.20. The second-order valence-corrected chi connectivity index (χ2v) is 5.73. The molecule has 0 aromatic rings. The highest BCUT2D eigenvalue weighted by molar-refractivity contribution is 5.78. The van der Waals surface area contributed by atoms with Crippen molar-refractivity contribution >= 4 is 5.91 Å². The molecule has 1 saturated heterocycles. The monoisotopic (exact) mass is 258 g/mol. The first-order valence-electron chi connectivity index (χ1n) is 6.66. The molecule has 1 amide bonds. The quantitative estimate of drug-likeness (QED) is 0.748. The number of morpholine rings is 1. The molecule has 1 rings (SSSR count). The molecule has 0 bridgehead atoms. The van der Waals surface area contributed by atoms with Gasteiger partial charge in [0.15, 0.2) is 0 Å². The molecule has 0 radical (unpaired) electrons. The van der Waals surface area contributed by atoms with Crippen molar-refractivity contribution in [2.75, 3.05) is 26.2 Å². The first-order chi connectivity index (χ1) is 8.36. The Morgan fingerprint density at radius 3 is 2.83 bits per heavy atom. The molecule has 2 atom stereocenters. The lowest BCUT2D eigenvalue weighted by Crippen LogP contribution is -2.56. The van der Waals surface area contributed by atoms with E-state index in [2.05, 4.69) is 5.32 Å². The number of carbonyl (C=O) groups excluding carboxylic acids is 1. The summed E-state index contributed by atoms with van der Waals surface area (Å²) in [6, 6.07) is 0.209. The molecule has 1 aliphatic heterocycles. The molecule has 1 aliphatic rings. The van der Waals surface area contributed by atoms with E-state index in [1.54, 1.807) is 0 Å². The topological polar surface area (TPSA) is 61.8 Å². The lowest BCUT2D eigenvalue weighted by molar-refractivity contribution is -0.153. The summed E-state index contributed by atoms with van der Waals surface area (Å²) in [7, 11) is 0. The largest absolute Gasteiger partial charge is 0.394 e. The third-order valence-corrected chi connectivity index (χ3v) is 3.14. The van der Waals surface area contributed by atoms with Crippen LogP contribution in [0.2, 0.25) is 0 Å². The normalized spacial score (nSPS) is 25.7. The maximum atomic E-state index is 11.8. The van der Waals surface area contributed by atoms with Gasteiger partial charge in [0.2, 0.25) is 5.91 Å². The molecule has 0 aromatic heterocycles. The molecule has 0 saturated carbocycles. The number of ether oxygens (including phenoxy) is 1. The van der Waals surface area contributed by atoms with Crippen molar-refractivity contribution in [1.82, 2.24) is 10.2 Å². The van der Waals surface area contributed by atoms with Crippen LogP contribution >= 0.6 is 0 Å². The van der Waals surface area contributed by atoms with Crippen LogP contribution in [0.5, 0.6) is 0 Å². The lowest BCUT2D eigenvalue weighted by Gasteiger charge is -2.42. The summed E-state index contributed by atoms with van der Waals surface area (Å²) in [6.45, 7) is 9.68. The Morgan fingerprint density at radius 2 is 2.28 bits per heavy atom. The summed E-state index contributed by atoms with van der Waals surface area (Å²) >= 11 is 0. The number of rotatable bonds is 5. The van der Waals surface area contributed by atoms with Crippen molar-refractivity contribution in [2.24, 2.45) is 0 Å². The molecule has 2 unspecified atom stereocenters. The minimum absolute atomic E-state index is 0.00703. The van der Waals surface area contributed by atoms with Crippen LogP contribution in [0.25, 0.3) is 0 Å². The van der Waals surface area contributed by atoms with E-state index >= 15 is 0 Å². The Kier molecular flexibility index (Phi) is 5.56. The van der Waals surface area contributed by atoms with E-state index < -0.39 is 0 Å². The van der Waals surface area contributed by atoms with Gasteiger partial charge in [0.1, 0.15) is 0 Å². The van der Waals surface area contributed by atoms with E-state index in [0.717, 1.165) is 6.42 Å². The number of aliphatic hydroxyl groups excluding tert-OH is 1. The summed E-state index contributed by atoms with van der Waals surface area (Å²) in [5.74, 6) is 0.0405. The van der Waals surface area contributed by atoms with Gasteiger partial charge in [0.05, 0.1) is 24.9 Å². The molecule has 5 heteroatoms. The fraction of sp³-hybridized carbons (Fsp3) is 0.923.